The van der Waals surface area contributed by atoms with Crippen molar-refractivity contribution in [3.63, 3.8) is 0 Å². The van der Waals surface area contributed by atoms with Gasteiger partial charge >= 0.3 is 6.18 Å². The Balaban J connectivity index is 2.92. The lowest BCUT2D eigenvalue weighted by atomic mass is 10.3. The van der Waals surface area contributed by atoms with E-state index in [-0.39, 0.29) is 10.3 Å². The summed E-state index contributed by atoms with van der Waals surface area (Å²) in [6, 6.07) is 0. The molecule has 1 aliphatic heterocycles. The largest absolute Gasteiger partial charge is 0.429 e. The summed E-state index contributed by atoms with van der Waals surface area (Å²) >= 11 is 10.9. The Morgan fingerprint density at radius 1 is 1.38 bits per heavy atom. The fraction of sp³-hybridized carbons (Fsp3) is 0.500. The van der Waals surface area contributed by atoms with Crippen LogP contribution in [0.5, 0.6) is 0 Å². The molecule has 1 aliphatic rings. The second-order valence-corrected chi connectivity index (χ2v) is 3.18. The molecule has 0 fully saturated rings. The van der Waals surface area contributed by atoms with E-state index in [9.17, 15) is 13.2 Å². The summed E-state index contributed by atoms with van der Waals surface area (Å²) < 4.78 is 36.3. The molecule has 13 heavy (non-hydrogen) atoms. The number of hydrogen-bond acceptors (Lipinski definition) is 2. The van der Waals surface area contributed by atoms with E-state index in [1.165, 1.54) is 6.92 Å². The maximum Gasteiger partial charge on any atom is 0.429 e. The highest BCUT2D eigenvalue weighted by Crippen LogP contribution is 2.27. The lowest BCUT2D eigenvalue weighted by molar-refractivity contribution is -0.151. The molecule has 1 rings (SSSR count). The minimum absolute atomic E-state index is 0.123. The van der Waals surface area contributed by atoms with Crippen LogP contribution in [0.3, 0.4) is 0 Å². The van der Waals surface area contributed by atoms with Crippen LogP contribution >= 0.6 is 23.2 Å². The smallest absolute Gasteiger partial charge is 0.347 e. The van der Waals surface area contributed by atoms with E-state index in [1.807, 2.05) is 5.32 Å². The molecule has 0 saturated carbocycles. The van der Waals surface area contributed by atoms with E-state index in [2.05, 4.69) is 4.99 Å². The SMILES string of the molecule is CC1=C(Cl)NC(C(F)(F)F)N=C1Cl. The molecule has 0 aromatic heterocycles. The monoisotopic (exact) mass is 232 g/mol. The standard InChI is InChI=1S/C6H5Cl2F3N2/c1-2-3(7)12-5(6(9,10)11)13-4(2)8/h5,12H,1H3. The molecule has 7 heteroatoms. The summed E-state index contributed by atoms with van der Waals surface area (Å²) in [6.45, 7) is 1.48. The second-order valence-electron chi connectivity index (χ2n) is 2.45. The van der Waals surface area contributed by atoms with Gasteiger partial charge in [0.15, 0.2) is 0 Å². The zero-order valence-corrected chi connectivity index (χ0v) is 7.93. The van der Waals surface area contributed by atoms with Gasteiger partial charge in [0.2, 0.25) is 6.17 Å². The first-order valence-electron chi connectivity index (χ1n) is 3.25. The van der Waals surface area contributed by atoms with Crippen LogP contribution in [-0.2, 0) is 0 Å². The average Bonchev–Trinajstić information content (AvgIpc) is 1.97. The molecule has 0 aromatic rings. The van der Waals surface area contributed by atoms with Crippen molar-refractivity contribution in [1.82, 2.24) is 5.32 Å². The second kappa shape index (κ2) is 3.38. The Kier molecular flexibility index (Phi) is 2.77. The first-order chi connectivity index (χ1) is 5.82. The Hall–Kier alpha value is -0.420. The molecule has 0 aliphatic carbocycles. The molecule has 0 aromatic carbocycles. The van der Waals surface area contributed by atoms with Crippen molar-refractivity contribution in [2.45, 2.75) is 19.3 Å². The number of nitrogens with zero attached hydrogens (tertiary/aromatic N) is 1. The molecule has 0 radical (unpaired) electrons. The Morgan fingerprint density at radius 3 is 2.31 bits per heavy atom. The third kappa shape index (κ3) is 2.28. The number of rotatable bonds is 0. The van der Waals surface area contributed by atoms with Gasteiger partial charge in [0.1, 0.15) is 10.3 Å². The first kappa shape index (κ1) is 10.7. The summed E-state index contributed by atoms with van der Waals surface area (Å²) in [6.07, 6.45) is -6.53. The van der Waals surface area contributed by atoms with Crippen LogP contribution in [0.2, 0.25) is 0 Å². The molecular weight excluding hydrogens is 228 g/mol. The summed E-state index contributed by atoms with van der Waals surface area (Å²) in [5, 5.41) is 1.65. The van der Waals surface area contributed by atoms with Crippen molar-refractivity contribution in [2.75, 3.05) is 0 Å². The minimum Gasteiger partial charge on any atom is -0.347 e. The third-order valence-electron chi connectivity index (χ3n) is 1.45. The van der Waals surface area contributed by atoms with E-state index in [0.717, 1.165) is 0 Å². The lowest BCUT2D eigenvalue weighted by Gasteiger charge is -2.23. The van der Waals surface area contributed by atoms with E-state index in [0.29, 0.717) is 5.57 Å². The van der Waals surface area contributed by atoms with Crippen LogP contribution in [0.4, 0.5) is 13.2 Å². The maximum atomic E-state index is 12.1. The molecule has 0 amide bonds. The highest BCUT2D eigenvalue weighted by molar-refractivity contribution is 6.70. The average molecular weight is 233 g/mol. The van der Waals surface area contributed by atoms with Gasteiger partial charge in [-0.15, -0.1) is 0 Å². The zero-order chi connectivity index (χ0) is 10.2. The van der Waals surface area contributed by atoms with Gasteiger partial charge in [-0.05, 0) is 6.92 Å². The number of aliphatic imine (C=N–C) groups is 1. The Morgan fingerprint density at radius 2 is 1.92 bits per heavy atom. The molecule has 1 N–H and O–H groups in total. The van der Waals surface area contributed by atoms with Gasteiger partial charge in [-0.3, -0.25) is 0 Å². The quantitative estimate of drug-likeness (QED) is 0.639. The van der Waals surface area contributed by atoms with Crippen LogP contribution in [0.1, 0.15) is 6.92 Å². The van der Waals surface area contributed by atoms with E-state index < -0.39 is 12.3 Å². The van der Waals surface area contributed by atoms with Gasteiger partial charge < -0.3 is 5.32 Å². The third-order valence-corrected chi connectivity index (χ3v) is 2.23. The molecule has 0 bridgehead atoms. The number of alkyl halides is 3. The molecule has 1 atom stereocenters. The van der Waals surface area contributed by atoms with Crippen molar-refractivity contribution in [3.8, 4) is 0 Å². The maximum absolute atomic E-state index is 12.1. The fourth-order valence-corrected chi connectivity index (χ4v) is 1.15. The number of hydrogen-bond donors (Lipinski definition) is 1. The zero-order valence-electron chi connectivity index (χ0n) is 6.41. The summed E-state index contributed by atoms with van der Waals surface area (Å²) in [7, 11) is 0. The van der Waals surface area contributed by atoms with E-state index in [1.54, 1.807) is 0 Å². The number of halogens is 5. The molecule has 0 saturated heterocycles. The van der Waals surface area contributed by atoms with Crippen molar-refractivity contribution in [1.29, 1.82) is 0 Å². The number of nitrogens with one attached hydrogen (secondary N) is 1. The number of allylic oxidation sites excluding steroid dienone is 1. The minimum atomic E-state index is -4.49. The van der Waals surface area contributed by atoms with Crippen molar-refractivity contribution >= 4 is 28.4 Å². The normalized spacial score (nSPS) is 24.2. The highest BCUT2D eigenvalue weighted by atomic mass is 35.5. The Bertz CT molecular complexity index is 282. The predicted molar refractivity (Wildman–Crippen MR) is 44.8 cm³/mol. The lowest BCUT2D eigenvalue weighted by Crippen LogP contribution is -2.42. The molecule has 1 heterocycles. The van der Waals surface area contributed by atoms with Crippen LogP contribution in [0.15, 0.2) is 15.7 Å². The van der Waals surface area contributed by atoms with Crippen molar-refractivity contribution in [3.05, 3.63) is 10.7 Å². The fourth-order valence-electron chi connectivity index (χ4n) is 0.716. The van der Waals surface area contributed by atoms with Crippen LogP contribution in [0, 0.1) is 0 Å². The molecule has 1 unspecified atom stereocenters. The topological polar surface area (TPSA) is 24.4 Å². The molecular formula is C6H5Cl2F3N2. The van der Waals surface area contributed by atoms with Gasteiger partial charge in [-0.1, -0.05) is 23.2 Å². The Labute approximate surface area is 82.4 Å². The van der Waals surface area contributed by atoms with Gasteiger partial charge in [0, 0.05) is 5.57 Å². The molecule has 0 spiro atoms. The summed E-state index contributed by atoms with van der Waals surface area (Å²) in [5.74, 6) is 0. The van der Waals surface area contributed by atoms with E-state index in [4.69, 9.17) is 23.2 Å². The van der Waals surface area contributed by atoms with Crippen molar-refractivity contribution < 1.29 is 13.2 Å². The molecule has 2 nitrogen and oxygen atoms in total. The molecule has 74 valence electrons. The van der Waals surface area contributed by atoms with E-state index >= 15 is 0 Å². The highest BCUT2D eigenvalue weighted by Gasteiger charge is 2.42. The van der Waals surface area contributed by atoms with Crippen molar-refractivity contribution in [2.24, 2.45) is 4.99 Å². The summed E-state index contributed by atoms with van der Waals surface area (Å²) in [5.41, 5.74) is 0.309. The van der Waals surface area contributed by atoms with Crippen LogP contribution < -0.4 is 5.32 Å². The predicted octanol–water partition coefficient (Wildman–Crippen LogP) is 2.59. The van der Waals surface area contributed by atoms with Gasteiger partial charge in [0.25, 0.3) is 0 Å². The van der Waals surface area contributed by atoms with Crippen LogP contribution in [0.25, 0.3) is 0 Å². The van der Waals surface area contributed by atoms with Gasteiger partial charge in [0.05, 0.1) is 0 Å². The van der Waals surface area contributed by atoms with Gasteiger partial charge in [-0.2, -0.15) is 13.2 Å². The first-order valence-corrected chi connectivity index (χ1v) is 4.01. The van der Waals surface area contributed by atoms with Gasteiger partial charge in [-0.25, -0.2) is 4.99 Å². The summed E-state index contributed by atoms with van der Waals surface area (Å²) in [4.78, 5) is 3.19. The van der Waals surface area contributed by atoms with Crippen LogP contribution in [-0.4, -0.2) is 17.5 Å².